The summed E-state index contributed by atoms with van der Waals surface area (Å²) in [6.45, 7) is 2.03. The van der Waals surface area contributed by atoms with Crippen LogP contribution >= 0.6 is 0 Å². The van der Waals surface area contributed by atoms with Crippen LogP contribution in [0.1, 0.15) is 25.0 Å². The molecule has 0 amide bonds. The normalized spacial score (nSPS) is 19.4. The van der Waals surface area contributed by atoms with Gasteiger partial charge in [-0.05, 0) is 6.07 Å². The third-order valence-electron chi connectivity index (χ3n) is 2.21. The molecule has 1 aliphatic heterocycles. The van der Waals surface area contributed by atoms with Crippen molar-refractivity contribution >= 4 is 5.97 Å². The molecule has 0 aromatic heterocycles. The van der Waals surface area contributed by atoms with Crippen molar-refractivity contribution in [3.63, 3.8) is 0 Å². The van der Waals surface area contributed by atoms with Crippen LogP contribution < -0.4 is 4.74 Å². The van der Waals surface area contributed by atoms with Gasteiger partial charge in [-0.1, -0.05) is 18.2 Å². The Bertz CT molecular complexity index is 346. The van der Waals surface area contributed by atoms with E-state index in [1.807, 2.05) is 24.3 Å². The van der Waals surface area contributed by atoms with Gasteiger partial charge in [-0.25, -0.2) is 0 Å². The molecule has 14 heavy (non-hydrogen) atoms. The van der Waals surface area contributed by atoms with E-state index >= 15 is 0 Å². The molecule has 1 unspecified atom stereocenters. The third-order valence-corrected chi connectivity index (χ3v) is 2.21. The molecule has 1 heterocycles. The van der Waals surface area contributed by atoms with E-state index < -0.39 is 0 Å². The van der Waals surface area contributed by atoms with Crippen molar-refractivity contribution in [2.24, 2.45) is 0 Å². The summed E-state index contributed by atoms with van der Waals surface area (Å²) in [4.78, 5) is 10.9. The lowest BCUT2D eigenvalue weighted by molar-refractivity contribution is -0.147. The van der Waals surface area contributed by atoms with Gasteiger partial charge in [0.05, 0.1) is 6.61 Å². The highest BCUT2D eigenvalue weighted by molar-refractivity contribution is 5.66. The zero-order chi connectivity index (χ0) is 9.97. The molecule has 0 radical (unpaired) electrons. The van der Waals surface area contributed by atoms with Gasteiger partial charge in [-0.2, -0.15) is 0 Å². The number of ether oxygens (including phenoxy) is 2. The van der Waals surface area contributed by atoms with Crippen molar-refractivity contribution in [1.29, 1.82) is 0 Å². The minimum atomic E-state index is -0.244. The summed E-state index contributed by atoms with van der Waals surface area (Å²) >= 11 is 0. The third kappa shape index (κ3) is 1.71. The number of carbonyl (C=O) groups excluding carboxylic acids is 1. The monoisotopic (exact) mass is 192 g/mol. The zero-order valence-electron chi connectivity index (χ0n) is 8.03. The highest BCUT2D eigenvalue weighted by Gasteiger charge is 2.22. The van der Waals surface area contributed by atoms with Crippen LogP contribution in [0.5, 0.6) is 5.75 Å². The van der Waals surface area contributed by atoms with E-state index in [-0.39, 0.29) is 12.1 Å². The first-order valence-electron chi connectivity index (χ1n) is 4.66. The number of para-hydroxylation sites is 1. The molecule has 2 rings (SSSR count). The Balaban J connectivity index is 2.26. The summed E-state index contributed by atoms with van der Waals surface area (Å²) < 4.78 is 10.6. The smallest absolute Gasteiger partial charge is 0.303 e. The Morgan fingerprint density at radius 2 is 2.29 bits per heavy atom. The maximum absolute atomic E-state index is 10.9. The average molecular weight is 192 g/mol. The molecule has 0 bridgehead atoms. The lowest BCUT2D eigenvalue weighted by Gasteiger charge is -2.25. The molecular weight excluding hydrogens is 180 g/mol. The van der Waals surface area contributed by atoms with Crippen LogP contribution in [0, 0.1) is 0 Å². The van der Waals surface area contributed by atoms with Crippen molar-refractivity contribution in [3.05, 3.63) is 29.8 Å². The van der Waals surface area contributed by atoms with Crippen LogP contribution in [0.25, 0.3) is 0 Å². The fourth-order valence-electron chi connectivity index (χ4n) is 1.63. The minimum absolute atomic E-state index is 0.141. The van der Waals surface area contributed by atoms with Gasteiger partial charge >= 0.3 is 5.97 Å². The first-order chi connectivity index (χ1) is 6.77. The Morgan fingerprint density at radius 3 is 3.07 bits per heavy atom. The Morgan fingerprint density at radius 1 is 1.50 bits per heavy atom. The topological polar surface area (TPSA) is 35.5 Å². The van der Waals surface area contributed by atoms with E-state index in [4.69, 9.17) is 9.47 Å². The number of fused-ring (bicyclic) bond motifs is 1. The molecule has 74 valence electrons. The van der Waals surface area contributed by atoms with Gasteiger partial charge in [0, 0.05) is 18.9 Å². The summed E-state index contributed by atoms with van der Waals surface area (Å²) in [7, 11) is 0. The molecule has 0 spiro atoms. The van der Waals surface area contributed by atoms with Crippen LogP contribution in [0.4, 0.5) is 0 Å². The molecule has 3 heteroatoms. The molecule has 1 aromatic rings. The van der Waals surface area contributed by atoms with Crippen molar-refractivity contribution in [2.75, 3.05) is 6.61 Å². The van der Waals surface area contributed by atoms with Gasteiger partial charge in [0.2, 0.25) is 0 Å². The molecule has 0 aliphatic carbocycles. The van der Waals surface area contributed by atoms with Gasteiger partial charge in [0.25, 0.3) is 0 Å². The number of carbonyl (C=O) groups is 1. The maximum Gasteiger partial charge on any atom is 0.303 e. The minimum Gasteiger partial charge on any atom is -0.493 e. The summed E-state index contributed by atoms with van der Waals surface area (Å²) in [6.07, 6.45) is 0.591. The first kappa shape index (κ1) is 9.06. The largest absolute Gasteiger partial charge is 0.493 e. The van der Waals surface area contributed by atoms with E-state index in [0.29, 0.717) is 6.61 Å². The molecule has 0 fully saturated rings. The maximum atomic E-state index is 10.9. The lowest BCUT2D eigenvalue weighted by atomic mass is 10.0. The second kappa shape index (κ2) is 3.70. The standard InChI is InChI=1S/C11H12O3/c1-8(12)14-11-6-7-13-10-5-3-2-4-9(10)11/h2-5,11H,6-7H2,1H3. The van der Waals surface area contributed by atoms with E-state index in [9.17, 15) is 4.79 Å². The van der Waals surface area contributed by atoms with Crippen molar-refractivity contribution < 1.29 is 14.3 Å². The second-order valence-corrected chi connectivity index (χ2v) is 3.27. The van der Waals surface area contributed by atoms with Crippen molar-refractivity contribution in [1.82, 2.24) is 0 Å². The molecule has 0 saturated heterocycles. The van der Waals surface area contributed by atoms with Gasteiger partial charge in [0.1, 0.15) is 11.9 Å². The number of hydrogen-bond donors (Lipinski definition) is 0. The van der Waals surface area contributed by atoms with E-state index in [1.165, 1.54) is 6.92 Å². The second-order valence-electron chi connectivity index (χ2n) is 3.27. The SMILES string of the molecule is CC(=O)OC1CCOc2ccccc21. The van der Waals surface area contributed by atoms with Crippen LogP contribution in [0.2, 0.25) is 0 Å². The number of benzene rings is 1. The highest BCUT2D eigenvalue weighted by Crippen LogP contribution is 2.33. The van der Waals surface area contributed by atoms with Crippen LogP contribution in [0.15, 0.2) is 24.3 Å². The number of esters is 1. The summed E-state index contributed by atoms with van der Waals surface area (Å²) in [5, 5.41) is 0. The molecular formula is C11H12O3. The summed E-state index contributed by atoms with van der Waals surface area (Å²) in [5.74, 6) is 0.580. The molecule has 1 aliphatic rings. The Labute approximate surface area is 82.6 Å². The van der Waals surface area contributed by atoms with E-state index in [2.05, 4.69) is 0 Å². The van der Waals surface area contributed by atoms with Crippen molar-refractivity contribution in [3.8, 4) is 5.75 Å². The highest BCUT2D eigenvalue weighted by atomic mass is 16.5. The zero-order valence-corrected chi connectivity index (χ0v) is 8.03. The Kier molecular flexibility index (Phi) is 2.39. The fourth-order valence-corrected chi connectivity index (χ4v) is 1.63. The predicted molar refractivity (Wildman–Crippen MR) is 51.1 cm³/mol. The number of hydrogen-bond acceptors (Lipinski definition) is 3. The number of rotatable bonds is 1. The Hall–Kier alpha value is -1.51. The molecule has 3 nitrogen and oxygen atoms in total. The van der Waals surface area contributed by atoms with E-state index in [0.717, 1.165) is 17.7 Å². The van der Waals surface area contributed by atoms with Crippen LogP contribution in [0.3, 0.4) is 0 Å². The molecule has 1 aromatic carbocycles. The lowest BCUT2D eigenvalue weighted by Crippen LogP contribution is -2.18. The quantitative estimate of drug-likeness (QED) is 0.639. The molecule has 0 N–H and O–H groups in total. The molecule has 1 atom stereocenters. The summed E-state index contributed by atoms with van der Waals surface area (Å²) in [5.41, 5.74) is 0.967. The van der Waals surface area contributed by atoms with Gasteiger partial charge in [-0.15, -0.1) is 0 Å². The molecule has 0 saturated carbocycles. The van der Waals surface area contributed by atoms with Gasteiger partial charge < -0.3 is 9.47 Å². The van der Waals surface area contributed by atoms with Gasteiger partial charge in [0.15, 0.2) is 0 Å². The van der Waals surface area contributed by atoms with E-state index in [1.54, 1.807) is 0 Å². The average Bonchev–Trinajstić information content (AvgIpc) is 2.18. The van der Waals surface area contributed by atoms with Crippen molar-refractivity contribution in [2.45, 2.75) is 19.4 Å². The first-order valence-corrected chi connectivity index (χ1v) is 4.66. The van der Waals surface area contributed by atoms with Gasteiger partial charge in [-0.3, -0.25) is 4.79 Å². The fraction of sp³-hybridized carbons (Fsp3) is 0.364. The van der Waals surface area contributed by atoms with Crippen LogP contribution in [-0.4, -0.2) is 12.6 Å². The summed E-state index contributed by atoms with van der Waals surface area (Å²) in [6, 6.07) is 7.66. The van der Waals surface area contributed by atoms with Crippen LogP contribution in [-0.2, 0) is 9.53 Å². The predicted octanol–water partition coefficient (Wildman–Crippen LogP) is 2.07.